The van der Waals surface area contributed by atoms with E-state index < -0.39 is 0 Å². The molecule has 126 valence electrons. The SMILES string of the molecule is c1cc(N2CC3CC2CN3)c(NCc2ccc3nccnc3c2)cn1. The molecule has 25 heavy (non-hydrogen) atoms. The minimum absolute atomic E-state index is 0.601. The maximum atomic E-state index is 4.39. The summed E-state index contributed by atoms with van der Waals surface area (Å²) in [7, 11) is 0. The Kier molecular flexibility index (Phi) is 3.48. The number of piperazine rings is 1. The minimum atomic E-state index is 0.601. The number of hydrogen-bond donors (Lipinski definition) is 2. The molecule has 1 aromatic carbocycles. The zero-order chi connectivity index (χ0) is 16.6. The van der Waals surface area contributed by atoms with E-state index in [-0.39, 0.29) is 0 Å². The lowest BCUT2D eigenvalue weighted by atomic mass is 10.2. The van der Waals surface area contributed by atoms with Gasteiger partial charge < -0.3 is 15.5 Å². The Morgan fingerprint density at radius 3 is 2.88 bits per heavy atom. The predicted molar refractivity (Wildman–Crippen MR) is 98.6 cm³/mol. The van der Waals surface area contributed by atoms with Gasteiger partial charge in [-0.2, -0.15) is 0 Å². The molecular weight excluding hydrogens is 312 g/mol. The van der Waals surface area contributed by atoms with Crippen molar-refractivity contribution < 1.29 is 0 Å². The third-order valence-electron chi connectivity index (χ3n) is 5.18. The topological polar surface area (TPSA) is 66.0 Å². The number of hydrogen-bond acceptors (Lipinski definition) is 6. The zero-order valence-corrected chi connectivity index (χ0v) is 13.9. The van der Waals surface area contributed by atoms with Crippen LogP contribution in [0.2, 0.25) is 0 Å². The number of nitrogens with one attached hydrogen (secondary N) is 2. The first kappa shape index (κ1) is 14.6. The third-order valence-corrected chi connectivity index (χ3v) is 5.18. The van der Waals surface area contributed by atoms with Gasteiger partial charge in [-0.15, -0.1) is 0 Å². The first-order chi connectivity index (χ1) is 12.4. The van der Waals surface area contributed by atoms with Crippen LogP contribution in [0.4, 0.5) is 11.4 Å². The maximum Gasteiger partial charge on any atom is 0.0890 e. The summed E-state index contributed by atoms with van der Waals surface area (Å²) in [6.45, 7) is 2.90. The van der Waals surface area contributed by atoms with Crippen molar-refractivity contribution >= 4 is 22.4 Å². The van der Waals surface area contributed by atoms with Crippen molar-refractivity contribution in [2.45, 2.75) is 25.0 Å². The molecule has 6 heteroatoms. The van der Waals surface area contributed by atoms with E-state index in [0.29, 0.717) is 12.1 Å². The second-order valence-electron chi connectivity index (χ2n) is 6.77. The van der Waals surface area contributed by atoms with Gasteiger partial charge in [-0.05, 0) is 30.2 Å². The van der Waals surface area contributed by atoms with Crippen LogP contribution < -0.4 is 15.5 Å². The lowest BCUT2D eigenvalue weighted by Crippen LogP contribution is -2.43. The summed E-state index contributed by atoms with van der Waals surface area (Å²) >= 11 is 0. The van der Waals surface area contributed by atoms with Crippen molar-refractivity contribution in [3.63, 3.8) is 0 Å². The standard InChI is InChI=1S/C19H20N6/c1-2-16-17(22-6-5-21-16)7-13(1)9-24-18-11-20-4-3-19(18)25-12-14-8-15(25)10-23-14/h1-7,11,14-15,23-24H,8-10,12H2. The molecule has 2 aromatic heterocycles. The van der Waals surface area contributed by atoms with Crippen LogP contribution in [0.3, 0.4) is 0 Å². The van der Waals surface area contributed by atoms with Gasteiger partial charge >= 0.3 is 0 Å². The van der Waals surface area contributed by atoms with E-state index in [1.165, 1.54) is 17.7 Å². The summed E-state index contributed by atoms with van der Waals surface area (Å²) in [5.74, 6) is 0. The second kappa shape index (κ2) is 5.97. The van der Waals surface area contributed by atoms with E-state index in [0.717, 1.165) is 36.4 Å². The summed E-state index contributed by atoms with van der Waals surface area (Å²) in [5, 5.41) is 7.12. The summed E-state index contributed by atoms with van der Waals surface area (Å²) < 4.78 is 0. The fraction of sp³-hybridized carbons (Fsp3) is 0.316. The normalized spacial score (nSPS) is 21.8. The molecule has 0 aliphatic carbocycles. The van der Waals surface area contributed by atoms with Gasteiger partial charge in [-0.25, -0.2) is 0 Å². The van der Waals surface area contributed by atoms with Crippen molar-refractivity contribution in [2.75, 3.05) is 23.3 Å². The summed E-state index contributed by atoms with van der Waals surface area (Å²) in [6.07, 6.45) is 8.50. The molecular formula is C19H20N6. The molecule has 2 aliphatic rings. The first-order valence-electron chi connectivity index (χ1n) is 8.74. The third kappa shape index (κ3) is 2.68. The number of nitrogens with zero attached hydrogens (tertiary/aromatic N) is 4. The highest BCUT2D eigenvalue weighted by atomic mass is 15.3. The lowest BCUT2D eigenvalue weighted by molar-refractivity contribution is 0.580. The van der Waals surface area contributed by atoms with Crippen LogP contribution >= 0.6 is 0 Å². The van der Waals surface area contributed by atoms with E-state index in [2.05, 4.69) is 48.7 Å². The Balaban J connectivity index is 1.37. The van der Waals surface area contributed by atoms with E-state index in [1.54, 1.807) is 12.4 Å². The Bertz CT molecular complexity index is 911. The van der Waals surface area contributed by atoms with Crippen LogP contribution in [-0.2, 0) is 6.54 Å². The van der Waals surface area contributed by atoms with Crippen molar-refractivity contribution in [1.29, 1.82) is 0 Å². The van der Waals surface area contributed by atoms with Gasteiger partial charge in [0.2, 0.25) is 0 Å². The Morgan fingerprint density at radius 1 is 1.12 bits per heavy atom. The number of benzene rings is 1. The molecule has 5 rings (SSSR count). The van der Waals surface area contributed by atoms with Gasteiger partial charge in [-0.3, -0.25) is 15.0 Å². The van der Waals surface area contributed by atoms with Crippen molar-refractivity contribution in [3.8, 4) is 0 Å². The largest absolute Gasteiger partial charge is 0.378 e. The molecule has 2 bridgehead atoms. The number of anilines is 2. The average molecular weight is 332 g/mol. The van der Waals surface area contributed by atoms with Crippen molar-refractivity contribution in [3.05, 3.63) is 54.6 Å². The molecule has 0 saturated carbocycles. The van der Waals surface area contributed by atoms with Gasteiger partial charge in [0.05, 0.1) is 28.6 Å². The molecule has 2 unspecified atom stereocenters. The van der Waals surface area contributed by atoms with Crippen LogP contribution in [0.15, 0.2) is 49.1 Å². The number of pyridine rings is 1. The molecule has 6 nitrogen and oxygen atoms in total. The molecule has 2 saturated heterocycles. The number of aromatic nitrogens is 3. The Hall–Kier alpha value is -2.73. The number of rotatable bonds is 4. The Labute approximate surface area is 146 Å². The van der Waals surface area contributed by atoms with Gasteiger partial charge in [0.25, 0.3) is 0 Å². The fourth-order valence-corrected chi connectivity index (χ4v) is 3.95. The average Bonchev–Trinajstić information content (AvgIpc) is 3.30. The lowest BCUT2D eigenvalue weighted by Gasteiger charge is -2.31. The van der Waals surface area contributed by atoms with Gasteiger partial charge in [-0.1, -0.05) is 6.07 Å². The van der Waals surface area contributed by atoms with Gasteiger partial charge in [0.1, 0.15) is 0 Å². The highest BCUT2D eigenvalue weighted by Gasteiger charge is 2.38. The zero-order valence-electron chi connectivity index (χ0n) is 13.9. The van der Waals surface area contributed by atoms with Crippen LogP contribution in [0.1, 0.15) is 12.0 Å². The molecule has 2 aliphatic heterocycles. The first-order valence-corrected chi connectivity index (χ1v) is 8.74. The van der Waals surface area contributed by atoms with E-state index in [9.17, 15) is 0 Å². The summed E-state index contributed by atoms with van der Waals surface area (Å²) in [5.41, 5.74) is 5.39. The minimum Gasteiger partial charge on any atom is -0.378 e. The predicted octanol–water partition coefficient (Wildman–Crippen LogP) is 2.19. The van der Waals surface area contributed by atoms with Crippen LogP contribution in [0.25, 0.3) is 11.0 Å². The fourth-order valence-electron chi connectivity index (χ4n) is 3.95. The highest BCUT2D eigenvalue weighted by Crippen LogP contribution is 2.34. The summed E-state index contributed by atoms with van der Waals surface area (Å²) in [4.78, 5) is 15.5. The number of fused-ring (bicyclic) bond motifs is 3. The van der Waals surface area contributed by atoms with Crippen molar-refractivity contribution in [1.82, 2.24) is 20.3 Å². The van der Waals surface area contributed by atoms with Crippen LogP contribution in [-0.4, -0.2) is 40.1 Å². The van der Waals surface area contributed by atoms with Crippen LogP contribution in [0, 0.1) is 0 Å². The smallest absolute Gasteiger partial charge is 0.0890 e. The van der Waals surface area contributed by atoms with Crippen molar-refractivity contribution in [2.24, 2.45) is 0 Å². The van der Waals surface area contributed by atoms with E-state index in [4.69, 9.17) is 0 Å². The molecule has 0 amide bonds. The van der Waals surface area contributed by atoms with E-state index in [1.807, 2.05) is 18.5 Å². The van der Waals surface area contributed by atoms with Gasteiger partial charge in [0.15, 0.2) is 0 Å². The summed E-state index contributed by atoms with van der Waals surface area (Å²) in [6, 6.07) is 9.56. The van der Waals surface area contributed by atoms with E-state index >= 15 is 0 Å². The monoisotopic (exact) mass is 332 g/mol. The molecule has 2 N–H and O–H groups in total. The molecule has 2 fully saturated rings. The quantitative estimate of drug-likeness (QED) is 0.763. The molecule has 3 aromatic rings. The Morgan fingerprint density at radius 2 is 2.04 bits per heavy atom. The van der Waals surface area contributed by atoms with Crippen LogP contribution in [0.5, 0.6) is 0 Å². The second-order valence-corrected chi connectivity index (χ2v) is 6.77. The molecule has 4 heterocycles. The molecule has 0 spiro atoms. The molecule has 2 atom stereocenters. The molecule has 0 radical (unpaired) electrons. The maximum absolute atomic E-state index is 4.39. The van der Waals surface area contributed by atoms with Gasteiger partial charge in [0, 0.05) is 50.3 Å². The highest BCUT2D eigenvalue weighted by molar-refractivity contribution is 5.75.